The van der Waals surface area contributed by atoms with Crippen LogP contribution in [0.3, 0.4) is 0 Å². The van der Waals surface area contributed by atoms with Crippen molar-refractivity contribution >= 4 is 50.5 Å². The van der Waals surface area contributed by atoms with Gasteiger partial charge in [0, 0.05) is 21.9 Å². The van der Waals surface area contributed by atoms with Crippen LogP contribution in [-0.4, -0.2) is 12.7 Å². The first-order valence-electron chi connectivity index (χ1n) is 5.34. The minimum atomic E-state index is 0.0150. The molecule has 0 saturated carbocycles. The SMILES string of the molecule is CCC1OCCC1C(Cl)c1cc(Br)c(Cl)s1. The highest BCUT2D eigenvalue weighted by atomic mass is 79.9. The second-order valence-corrected chi connectivity index (χ2v) is 6.95. The van der Waals surface area contributed by atoms with Crippen LogP contribution in [-0.2, 0) is 4.74 Å². The average molecular weight is 344 g/mol. The lowest BCUT2D eigenvalue weighted by Gasteiger charge is -2.20. The molecule has 1 aliphatic rings. The third-order valence-electron chi connectivity index (χ3n) is 2.97. The average Bonchev–Trinajstić information content (AvgIpc) is 2.85. The Bertz CT molecular complexity index is 349. The predicted octanol–water partition coefficient (Wildman–Crippen LogP) is 5.26. The molecule has 5 heteroatoms. The summed E-state index contributed by atoms with van der Waals surface area (Å²) in [4.78, 5) is 1.13. The van der Waals surface area contributed by atoms with E-state index in [-0.39, 0.29) is 5.38 Å². The minimum Gasteiger partial charge on any atom is -0.378 e. The monoisotopic (exact) mass is 342 g/mol. The standard InChI is InChI=1S/C11H13BrCl2OS/c1-2-8-6(3-4-15-8)10(13)9-5-7(12)11(14)16-9/h5-6,8,10H,2-4H2,1H3. The highest BCUT2D eigenvalue weighted by Crippen LogP contribution is 2.44. The predicted molar refractivity (Wildman–Crippen MR) is 73.8 cm³/mol. The molecule has 0 N–H and O–H groups in total. The third kappa shape index (κ3) is 2.59. The zero-order valence-corrected chi connectivity index (χ0v) is 12.8. The molecule has 1 aliphatic heterocycles. The van der Waals surface area contributed by atoms with Crippen molar-refractivity contribution in [3.8, 4) is 0 Å². The molecule has 0 aliphatic carbocycles. The molecule has 1 aromatic heterocycles. The number of hydrogen-bond donors (Lipinski definition) is 0. The summed E-state index contributed by atoms with van der Waals surface area (Å²) in [5.74, 6) is 0.410. The van der Waals surface area contributed by atoms with E-state index in [1.807, 2.05) is 6.07 Å². The summed E-state index contributed by atoms with van der Waals surface area (Å²) in [6, 6.07) is 2.02. The smallest absolute Gasteiger partial charge is 0.107 e. The van der Waals surface area contributed by atoms with Crippen LogP contribution in [0.25, 0.3) is 0 Å². The largest absolute Gasteiger partial charge is 0.378 e. The zero-order chi connectivity index (χ0) is 11.7. The number of ether oxygens (including phenoxy) is 1. The highest BCUT2D eigenvalue weighted by molar-refractivity contribution is 9.10. The molecular weight excluding hydrogens is 331 g/mol. The van der Waals surface area contributed by atoms with Crippen LogP contribution in [0.1, 0.15) is 30.0 Å². The van der Waals surface area contributed by atoms with Crippen molar-refractivity contribution in [2.45, 2.75) is 31.2 Å². The van der Waals surface area contributed by atoms with Gasteiger partial charge in [0.2, 0.25) is 0 Å². The Morgan fingerprint density at radius 3 is 3.00 bits per heavy atom. The Morgan fingerprint density at radius 1 is 1.69 bits per heavy atom. The fourth-order valence-corrected chi connectivity index (χ4v) is 4.41. The van der Waals surface area contributed by atoms with E-state index in [4.69, 9.17) is 27.9 Å². The van der Waals surface area contributed by atoms with Gasteiger partial charge in [0.1, 0.15) is 4.34 Å². The maximum absolute atomic E-state index is 6.52. The molecule has 1 nitrogen and oxygen atoms in total. The summed E-state index contributed by atoms with van der Waals surface area (Å²) in [6.45, 7) is 2.97. The number of thiophene rings is 1. The van der Waals surface area contributed by atoms with Gasteiger partial charge >= 0.3 is 0 Å². The van der Waals surface area contributed by atoms with Gasteiger partial charge in [-0.1, -0.05) is 18.5 Å². The Hall–Kier alpha value is 0.720. The first-order chi connectivity index (χ1) is 7.63. The number of hydrogen-bond acceptors (Lipinski definition) is 2. The second kappa shape index (κ2) is 5.57. The van der Waals surface area contributed by atoms with E-state index >= 15 is 0 Å². The number of alkyl halides is 1. The molecule has 0 radical (unpaired) electrons. The first-order valence-corrected chi connectivity index (χ1v) is 7.76. The quantitative estimate of drug-likeness (QED) is 0.680. The molecule has 2 heterocycles. The van der Waals surface area contributed by atoms with E-state index in [9.17, 15) is 0 Å². The topological polar surface area (TPSA) is 9.23 Å². The van der Waals surface area contributed by atoms with Gasteiger partial charge in [0.05, 0.1) is 11.5 Å². The molecule has 16 heavy (non-hydrogen) atoms. The Labute approximate surface area is 118 Å². The van der Waals surface area contributed by atoms with E-state index in [2.05, 4.69) is 22.9 Å². The van der Waals surface area contributed by atoms with Gasteiger partial charge in [-0.3, -0.25) is 0 Å². The molecule has 0 amide bonds. The number of rotatable bonds is 3. The Balaban J connectivity index is 2.14. The molecule has 3 unspecified atom stereocenters. The summed E-state index contributed by atoms with van der Waals surface area (Å²) in [6.07, 6.45) is 2.36. The molecule has 0 aromatic carbocycles. The van der Waals surface area contributed by atoms with Crippen LogP contribution in [0.2, 0.25) is 4.34 Å². The fourth-order valence-electron chi connectivity index (χ4n) is 2.13. The van der Waals surface area contributed by atoms with Crippen LogP contribution in [0.4, 0.5) is 0 Å². The van der Waals surface area contributed by atoms with E-state index in [1.165, 1.54) is 0 Å². The van der Waals surface area contributed by atoms with Crippen molar-refractivity contribution in [1.82, 2.24) is 0 Å². The summed E-state index contributed by atoms with van der Waals surface area (Å²) in [7, 11) is 0. The van der Waals surface area contributed by atoms with Crippen LogP contribution in [0.5, 0.6) is 0 Å². The summed E-state index contributed by atoms with van der Waals surface area (Å²) in [5, 5.41) is 0.0150. The lowest BCUT2D eigenvalue weighted by atomic mass is 9.95. The van der Waals surface area contributed by atoms with Crippen LogP contribution >= 0.6 is 50.5 Å². The van der Waals surface area contributed by atoms with E-state index < -0.39 is 0 Å². The fraction of sp³-hybridized carbons (Fsp3) is 0.636. The van der Waals surface area contributed by atoms with Crippen molar-refractivity contribution < 1.29 is 4.74 Å². The van der Waals surface area contributed by atoms with Gasteiger partial charge in [-0.15, -0.1) is 22.9 Å². The van der Waals surface area contributed by atoms with E-state index in [0.29, 0.717) is 12.0 Å². The van der Waals surface area contributed by atoms with Crippen LogP contribution in [0.15, 0.2) is 10.5 Å². The maximum Gasteiger partial charge on any atom is 0.107 e. The molecule has 90 valence electrons. The van der Waals surface area contributed by atoms with Crippen molar-refractivity contribution in [3.63, 3.8) is 0 Å². The molecular formula is C11H13BrCl2OS. The maximum atomic E-state index is 6.52. The van der Waals surface area contributed by atoms with Gasteiger partial charge < -0.3 is 4.74 Å². The number of halogens is 3. The first kappa shape index (κ1) is 13.2. The van der Waals surface area contributed by atoms with E-state index in [1.54, 1.807) is 11.3 Å². The summed E-state index contributed by atoms with van der Waals surface area (Å²) < 4.78 is 7.38. The third-order valence-corrected chi connectivity index (χ3v) is 6.22. The minimum absolute atomic E-state index is 0.0150. The molecule has 0 spiro atoms. The molecule has 1 fully saturated rings. The van der Waals surface area contributed by atoms with Gasteiger partial charge in [0.25, 0.3) is 0 Å². The molecule has 1 aromatic rings. The van der Waals surface area contributed by atoms with Crippen molar-refractivity contribution in [2.24, 2.45) is 5.92 Å². The second-order valence-electron chi connectivity index (χ2n) is 3.94. The normalized spacial score (nSPS) is 27.2. The lowest BCUT2D eigenvalue weighted by molar-refractivity contribution is 0.0866. The molecule has 3 atom stereocenters. The summed E-state index contributed by atoms with van der Waals surface area (Å²) >= 11 is 17.5. The van der Waals surface area contributed by atoms with Crippen molar-refractivity contribution in [3.05, 3.63) is 19.8 Å². The lowest BCUT2D eigenvalue weighted by Crippen LogP contribution is -2.18. The van der Waals surface area contributed by atoms with Gasteiger partial charge in [0.15, 0.2) is 0 Å². The Morgan fingerprint density at radius 2 is 2.44 bits per heavy atom. The van der Waals surface area contributed by atoms with E-state index in [0.717, 1.165) is 33.1 Å². The zero-order valence-electron chi connectivity index (χ0n) is 8.88. The summed E-state index contributed by atoms with van der Waals surface area (Å²) in [5.41, 5.74) is 0. The van der Waals surface area contributed by atoms with Crippen LogP contribution < -0.4 is 0 Å². The van der Waals surface area contributed by atoms with Crippen molar-refractivity contribution in [1.29, 1.82) is 0 Å². The van der Waals surface area contributed by atoms with Gasteiger partial charge in [-0.25, -0.2) is 0 Å². The van der Waals surface area contributed by atoms with Gasteiger partial charge in [-0.2, -0.15) is 0 Å². The van der Waals surface area contributed by atoms with Gasteiger partial charge in [-0.05, 0) is 34.8 Å². The molecule has 0 bridgehead atoms. The Kier molecular flexibility index (Phi) is 4.58. The van der Waals surface area contributed by atoms with Crippen LogP contribution in [0, 0.1) is 5.92 Å². The van der Waals surface area contributed by atoms with Crippen molar-refractivity contribution in [2.75, 3.05) is 6.61 Å². The highest BCUT2D eigenvalue weighted by Gasteiger charge is 2.34. The molecule has 1 saturated heterocycles. The molecule has 2 rings (SSSR count).